The highest BCUT2D eigenvalue weighted by Gasteiger charge is 2.23. The molecule has 1 aliphatic rings. The van der Waals surface area contributed by atoms with Gasteiger partial charge < -0.3 is 9.15 Å². The van der Waals surface area contributed by atoms with E-state index in [0.29, 0.717) is 43.6 Å². The van der Waals surface area contributed by atoms with E-state index in [9.17, 15) is 14.5 Å². The molecule has 28 heavy (non-hydrogen) atoms. The van der Waals surface area contributed by atoms with Crippen molar-refractivity contribution in [3.8, 4) is 11.5 Å². The molecule has 0 N–H and O–H groups in total. The van der Waals surface area contributed by atoms with Gasteiger partial charge in [-0.2, -0.15) is 0 Å². The average molecular weight is 384 g/mol. The van der Waals surface area contributed by atoms with Crippen LogP contribution < -0.4 is 0 Å². The van der Waals surface area contributed by atoms with Crippen molar-refractivity contribution in [2.75, 3.05) is 19.7 Å². The van der Waals surface area contributed by atoms with Crippen molar-refractivity contribution in [1.29, 1.82) is 0 Å². The largest absolute Gasteiger partial charge is 0.419 e. The molecular formula is C19H17FN4O4. The van der Waals surface area contributed by atoms with E-state index in [4.69, 9.17) is 9.15 Å². The van der Waals surface area contributed by atoms with Crippen molar-refractivity contribution in [2.45, 2.75) is 12.6 Å². The van der Waals surface area contributed by atoms with Gasteiger partial charge in [0.1, 0.15) is 5.82 Å². The Balaban J connectivity index is 1.41. The zero-order valence-corrected chi connectivity index (χ0v) is 14.8. The second-order valence-corrected chi connectivity index (χ2v) is 6.45. The molecular weight excluding hydrogens is 367 g/mol. The molecule has 9 heteroatoms. The van der Waals surface area contributed by atoms with Gasteiger partial charge in [0.25, 0.3) is 5.69 Å². The van der Waals surface area contributed by atoms with E-state index in [-0.39, 0.29) is 17.6 Å². The molecule has 0 spiro atoms. The highest BCUT2D eigenvalue weighted by Crippen LogP contribution is 2.25. The Morgan fingerprint density at radius 3 is 2.61 bits per heavy atom. The van der Waals surface area contributed by atoms with Gasteiger partial charge in [0.15, 0.2) is 0 Å². The number of non-ortho nitro benzene ring substituents is 1. The molecule has 2 aromatic carbocycles. The Bertz CT molecular complexity index is 959. The Kier molecular flexibility index (Phi) is 5.09. The summed E-state index contributed by atoms with van der Waals surface area (Å²) in [5.74, 6) is 0.488. The van der Waals surface area contributed by atoms with Crippen molar-refractivity contribution in [3.05, 3.63) is 75.9 Å². The maximum absolute atomic E-state index is 13.1. The molecule has 1 atom stereocenters. The second-order valence-electron chi connectivity index (χ2n) is 6.45. The van der Waals surface area contributed by atoms with Crippen LogP contribution in [0.3, 0.4) is 0 Å². The van der Waals surface area contributed by atoms with Gasteiger partial charge in [-0.05, 0) is 29.8 Å². The summed E-state index contributed by atoms with van der Waals surface area (Å²) < 4.78 is 24.6. The van der Waals surface area contributed by atoms with E-state index < -0.39 is 4.92 Å². The number of rotatable bonds is 5. The number of benzene rings is 2. The monoisotopic (exact) mass is 384 g/mol. The molecule has 1 saturated heterocycles. The summed E-state index contributed by atoms with van der Waals surface area (Å²) in [7, 11) is 0. The molecule has 4 rings (SSSR count). The van der Waals surface area contributed by atoms with E-state index in [1.54, 1.807) is 24.3 Å². The molecule has 1 aliphatic heterocycles. The minimum absolute atomic E-state index is 0.00337. The highest BCUT2D eigenvalue weighted by molar-refractivity contribution is 5.55. The van der Waals surface area contributed by atoms with Crippen LogP contribution >= 0.6 is 0 Å². The van der Waals surface area contributed by atoms with Gasteiger partial charge in [-0.15, -0.1) is 10.2 Å². The van der Waals surface area contributed by atoms with Gasteiger partial charge in [0.2, 0.25) is 11.8 Å². The number of hydrogen-bond donors (Lipinski definition) is 0. The molecule has 144 valence electrons. The van der Waals surface area contributed by atoms with E-state index in [2.05, 4.69) is 15.1 Å². The average Bonchev–Trinajstić information content (AvgIpc) is 3.17. The summed E-state index contributed by atoms with van der Waals surface area (Å²) in [5, 5.41) is 18.8. The van der Waals surface area contributed by atoms with E-state index >= 15 is 0 Å². The number of ether oxygens (including phenoxy) is 1. The fourth-order valence-electron chi connectivity index (χ4n) is 3.08. The Morgan fingerprint density at radius 2 is 1.89 bits per heavy atom. The Morgan fingerprint density at radius 1 is 1.14 bits per heavy atom. The minimum Gasteiger partial charge on any atom is -0.419 e. The van der Waals surface area contributed by atoms with Gasteiger partial charge in [0, 0.05) is 30.8 Å². The smallest absolute Gasteiger partial charge is 0.269 e. The van der Waals surface area contributed by atoms with Crippen molar-refractivity contribution >= 4 is 5.69 Å². The molecule has 8 nitrogen and oxygen atoms in total. The maximum atomic E-state index is 13.1. The van der Waals surface area contributed by atoms with Gasteiger partial charge in [0.05, 0.1) is 24.2 Å². The van der Waals surface area contributed by atoms with Crippen LogP contribution in [0.5, 0.6) is 0 Å². The first kappa shape index (κ1) is 18.2. The molecule has 0 bridgehead atoms. The minimum atomic E-state index is -0.459. The first-order chi connectivity index (χ1) is 13.6. The third-order valence-corrected chi connectivity index (χ3v) is 4.54. The summed E-state index contributed by atoms with van der Waals surface area (Å²) in [6.45, 7) is 2.35. The predicted molar refractivity (Wildman–Crippen MR) is 96.8 cm³/mol. The number of morpholine rings is 1. The van der Waals surface area contributed by atoms with Crippen LogP contribution in [0.15, 0.2) is 52.9 Å². The van der Waals surface area contributed by atoms with Crippen LogP contribution in [-0.2, 0) is 11.3 Å². The SMILES string of the molecule is O=[N+]([O-])c1ccc(-c2nnc(CN3CCO[C@@H](c4ccc(F)cc4)C3)o2)cc1. The summed E-state index contributed by atoms with van der Waals surface area (Å²) in [6, 6.07) is 12.2. The summed E-state index contributed by atoms with van der Waals surface area (Å²) in [6.07, 6.45) is -0.147. The number of aromatic nitrogens is 2. The lowest BCUT2D eigenvalue weighted by molar-refractivity contribution is -0.384. The molecule has 0 aliphatic carbocycles. The van der Waals surface area contributed by atoms with Gasteiger partial charge in [-0.3, -0.25) is 15.0 Å². The van der Waals surface area contributed by atoms with Crippen LogP contribution in [0, 0.1) is 15.9 Å². The summed E-state index contributed by atoms with van der Waals surface area (Å²) in [5.41, 5.74) is 1.54. The van der Waals surface area contributed by atoms with Gasteiger partial charge in [-0.1, -0.05) is 12.1 Å². The van der Waals surface area contributed by atoms with Crippen LogP contribution in [0.1, 0.15) is 17.6 Å². The second kappa shape index (κ2) is 7.83. The molecule has 1 fully saturated rings. The molecule has 0 unspecified atom stereocenters. The molecule has 0 amide bonds. The van der Waals surface area contributed by atoms with Crippen molar-refractivity contribution < 1.29 is 18.5 Å². The van der Waals surface area contributed by atoms with Crippen molar-refractivity contribution in [1.82, 2.24) is 15.1 Å². The number of nitro groups is 1. The topological polar surface area (TPSA) is 94.5 Å². The van der Waals surface area contributed by atoms with Gasteiger partial charge >= 0.3 is 0 Å². The first-order valence-electron chi connectivity index (χ1n) is 8.75. The quantitative estimate of drug-likeness (QED) is 0.492. The highest BCUT2D eigenvalue weighted by atomic mass is 19.1. The van der Waals surface area contributed by atoms with Crippen LogP contribution in [-0.4, -0.2) is 39.7 Å². The first-order valence-corrected chi connectivity index (χ1v) is 8.75. The third kappa shape index (κ3) is 4.05. The van der Waals surface area contributed by atoms with Crippen molar-refractivity contribution in [2.24, 2.45) is 0 Å². The van der Waals surface area contributed by atoms with E-state index in [1.807, 2.05) is 0 Å². The lowest BCUT2D eigenvalue weighted by Crippen LogP contribution is -2.37. The zero-order chi connectivity index (χ0) is 19.5. The summed E-state index contributed by atoms with van der Waals surface area (Å²) in [4.78, 5) is 12.4. The van der Waals surface area contributed by atoms with Crippen LogP contribution in [0.4, 0.5) is 10.1 Å². The normalized spacial score (nSPS) is 17.5. The maximum Gasteiger partial charge on any atom is 0.269 e. The van der Waals surface area contributed by atoms with Crippen LogP contribution in [0.25, 0.3) is 11.5 Å². The van der Waals surface area contributed by atoms with Crippen molar-refractivity contribution in [3.63, 3.8) is 0 Å². The molecule has 3 aromatic rings. The molecule has 0 radical (unpaired) electrons. The summed E-state index contributed by atoms with van der Waals surface area (Å²) >= 11 is 0. The lowest BCUT2D eigenvalue weighted by Gasteiger charge is -2.32. The molecule has 1 aromatic heterocycles. The van der Waals surface area contributed by atoms with E-state index in [0.717, 1.165) is 5.56 Å². The zero-order valence-electron chi connectivity index (χ0n) is 14.8. The fourth-order valence-corrected chi connectivity index (χ4v) is 3.08. The standard InChI is InChI=1S/C19H17FN4O4/c20-15-5-1-13(2-6-15)17-11-23(9-10-27-17)12-18-21-22-19(28-18)14-3-7-16(8-4-14)24(25)26/h1-8,17H,9-12H2/t17-/m1/s1. The number of nitro benzene ring substituents is 1. The Labute approximate surface area is 159 Å². The molecule has 0 saturated carbocycles. The van der Waals surface area contributed by atoms with Crippen LogP contribution in [0.2, 0.25) is 0 Å². The van der Waals surface area contributed by atoms with E-state index in [1.165, 1.54) is 24.3 Å². The number of hydrogen-bond acceptors (Lipinski definition) is 7. The number of nitrogens with zero attached hydrogens (tertiary/aromatic N) is 4. The number of halogens is 1. The predicted octanol–water partition coefficient (Wildman–Crippen LogP) is 3.36. The van der Waals surface area contributed by atoms with Gasteiger partial charge in [-0.25, -0.2) is 4.39 Å². The fraction of sp³-hybridized carbons (Fsp3) is 0.263. The lowest BCUT2D eigenvalue weighted by atomic mass is 10.1. The Hall–Kier alpha value is -3.17. The third-order valence-electron chi connectivity index (χ3n) is 4.54. The molecule has 2 heterocycles.